The largest absolute Gasteiger partial charge is 0.444 e. The van der Waals surface area contributed by atoms with E-state index in [1.807, 2.05) is 13.8 Å². The van der Waals surface area contributed by atoms with Crippen LogP contribution in [0.25, 0.3) is 0 Å². The molecule has 1 atom stereocenters. The first-order chi connectivity index (χ1) is 11.5. The first-order valence-corrected chi connectivity index (χ1v) is 7.69. The fourth-order valence-electron chi connectivity index (χ4n) is 2.20. The smallest absolute Gasteiger partial charge is 0.214 e. The average Bonchev–Trinajstić information content (AvgIpc) is 2.90. The highest BCUT2D eigenvalue weighted by Crippen LogP contribution is 2.16. The van der Waals surface area contributed by atoms with E-state index in [0.717, 1.165) is 17.0 Å². The SMILES string of the molecule is CN=C(NCc1nc(C)c(C)o1)NCC(OC)c1ccc(F)cc1. The molecular formula is C17H23FN4O2. The van der Waals surface area contributed by atoms with Gasteiger partial charge < -0.3 is 19.8 Å². The van der Waals surface area contributed by atoms with Gasteiger partial charge in [0, 0.05) is 20.7 Å². The Bertz CT molecular complexity index is 663. The van der Waals surface area contributed by atoms with Gasteiger partial charge in [-0.3, -0.25) is 4.99 Å². The van der Waals surface area contributed by atoms with Gasteiger partial charge >= 0.3 is 0 Å². The number of oxazole rings is 1. The Balaban J connectivity index is 1.88. The van der Waals surface area contributed by atoms with E-state index in [-0.39, 0.29) is 11.9 Å². The summed E-state index contributed by atoms with van der Waals surface area (Å²) in [6.07, 6.45) is -0.213. The van der Waals surface area contributed by atoms with Crippen LogP contribution < -0.4 is 10.6 Å². The number of aromatic nitrogens is 1. The minimum absolute atomic E-state index is 0.213. The van der Waals surface area contributed by atoms with Crippen LogP contribution in [0.4, 0.5) is 4.39 Å². The first kappa shape index (κ1) is 17.9. The number of methoxy groups -OCH3 is 1. The maximum atomic E-state index is 13.0. The molecule has 0 spiro atoms. The van der Waals surface area contributed by atoms with E-state index >= 15 is 0 Å². The molecule has 0 amide bonds. The number of aryl methyl sites for hydroxylation is 2. The summed E-state index contributed by atoms with van der Waals surface area (Å²) < 4.78 is 24.0. The number of guanidine groups is 1. The van der Waals surface area contributed by atoms with Crippen molar-refractivity contribution in [1.29, 1.82) is 0 Å². The predicted molar refractivity (Wildman–Crippen MR) is 90.3 cm³/mol. The fourth-order valence-corrected chi connectivity index (χ4v) is 2.20. The van der Waals surface area contributed by atoms with Crippen molar-refractivity contribution in [2.24, 2.45) is 4.99 Å². The predicted octanol–water partition coefficient (Wildman–Crippen LogP) is 2.48. The third-order valence-electron chi connectivity index (χ3n) is 3.68. The van der Waals surface area contributed by atoms with Gasteiger partial charge in [0.25, 0.3) is 0 Å². The minimum atomic E-state index is -0.268. The highest BCUT2D eigenvalue weighted by atomic mass is 19.1. The molecule has 0 saturated heterocycles. The zero-order valence-electron chi connectivity index (χ0n) is 14.4. The Kier molecular flexibility index (Phi) is 6.31. The topological polar surface area (TPSA) is 71.7 Å². The van der Waals surface area contributed by atoms with Crippen molar-refractivity contribution < 1.29 is 13.5 Å². The lowest BCUT2D eigenvalue weighted by Gasteiger charge is -2.18. The average molecular weight is 334 g/mol. The van der Waals surface area contributed by atoms with Crippen LogP contribution in [-0.2, 0) is 11.3 Å². The van der Waals surface area contributed by atoms with Gasteiger partial charge in [0.15, 0.2) is 5.96 Å². The van der Waals surface area contributed by atoms with Gasteiger partial charge in [0.05, 0.1) is 18.3 Å². The number of ether oxygens (including phenoxy) is 1. The van der Waals surface area contributed by atoms with Crippen molar-refractivity contribution in [3.63, 3.8) is 0 Å². The van der Waals surface area contributed by atoms with E-state index in [0.29, 0.717) is 24.9 Å². The molecule has 2 N–H and O–H groups in total. The monoisotopic (exact) mass is 334 g/mol. The van der Waals surface area contributed by atoms with Gasteiger partial charge in [0.2, 0.25) is 5.89 Å². The number of benzene rings is 1. The lowest BCUT2D eigenvalue weighted by atomic mass is 10.1. The number of nitrogens with zero attached hydrogens (tertiary/aromatic N) is 2. The molecule has 1 aromatic heterocycles. The van der Waals surface area contributed by atoms with Crippen LogP contribution in [0.5, 0.6) is 0 Å². The molecule has 0 aliphatic rings. The van der Waals surface area contributed by atoms with E-state index in [2.05, 4.69) is 20.6 Å². The minimum Gasteiger partial charge on any atom is -0.444 e. The van der Waals surface area contributed by atoms with E-state index in [9.17, 15) is 4.39 Å². The lowest BCUT2D eigenvalue weighted by Crippen LogP contribution is -2.39. The quantitative estimate of drug-likeness (QED) is 0.627. The van der Waals surface area contributed by atoms with E-state index in [1.165, 1.54) is 12.1 Å². The molecule has 130 valence electrons. The Morgan fingerprint density at radius 1 is 1.29 bits per heavy atom. The lowest BCUT2D eigenvalue weighted by molar-refractivity contribution is 0.106. The summed E-state index contributed by atoms with van der Waals surface area (Å²) in [5.74, 6) is 1.75. The van der Waals surface area contributed by atoms with Gasteiger partial charge in [0.1, 0.15) is 11.6 Å². The second kappa shape index (κ2) is 8.44. The molecule has 0 aliphatic carbocycles. The second-order valence-electron chi connectivity index (χ2n) is 5.33. The van der Waals surface area contributed by atoms with Gasteiger partial charge in [-0.05, 0) is 31.5 Å². The van der Waals surface area contributed by atoms with E-state index in [4.69, 9.17) is 9.15 Å². The number of aliphatic imine (C=N–C) groups is 1. The summed E-state index contributed by atoms with van der Waals surface area (Å²) in [7, 11) is 3.30. The summed E-state index contributed by atoms with van der Waals surface area (Å²) in [4.78, 5) is 8.47. The number of rotatable bonds is 6. The van der Waals surface area contributed by atoms with Crippen LogP contribution >= 0.6 is 0 Å². The molecule has 0 aliphatic heterocycles. The first-order valence-electron chi connectivity index (χ1n) is 7.69. The maximum Gasteiger partial charge on any atom is 0.214 e. The Labute approximate surface area is 141 Å². The standard InChI is InChI=1S/C17H23FN4O2/c1-11-12(2)24-16(22-11)10-21-17(19-3)20-9-15(23-4)13-5-7-14(18)8-6-13/h5-8,15H,9-10H2,1-4H3,(H2,19,20,21). The third kappa shape index (κ3) is 4.79. The van der Waals surface area contributed by atoms with Gasteiger partial charge in [-0.1, -0.05) is 12.1 Å². The van der Waals surface area contributed by atoms with Gasteiger partial charge in [-0.25, -0.2) is 9.37 Å². The molecule has 0 saturated carbocycles. The molecular weight excluding hydrogens is 311 g/mol. The van der Waals surface area contributed by atoms with Crippen molar-refractivity contribution in [2.45, 2.75) is 26.5 Å². The summed E-state index contributed by atoms with van der Waals surface area (Å²) >= 11 is 0. The van der Waals surface area contributed by atoms with E-state index < -0.39 is 0 Å². The maximum absolute atomic E-state index is 13.0. The molecule has 1 aromatic carbocycles. The van der Waals surface area contributed by atoms with Crippen LogP contribution in [0.3, 0.4) is 0 Å². The van der Waals surface area contributed by atoms with Crippen LogP contribution in [0.2, 0.25) is 0 Å². The fraction of sp³-hybridized carbons (Fsp3) is 0.412. The number of halogens is 1. The molecule has 0 radical (unpaired) electrons. The normalized spacial score (nSPS) is 13.0. The third-order valence-corrected chi connectivity index (χ3v) is 3.68. The van der Waals surface area contributed by atoms with Crippen LogP contribution in [-0.4, -0.2) is 31.6 Å². The van der Waals surface area contributed by atoms with Crippen molar-refractivity contribution >= 4 is 5.96 Å². The van der Waals surface area contributed by atoms with Crippen LogP contribution in [0, 0.1) is 19.7 Å². The zero-order chi connectivity index (χ0) is 17.5. The molecule has 0 bridgehead atoms. The molecule has 7 heteroatoms. The van der Waals surface area contributed by atoms with Gasteiger partial charge in [-0.2, -0.15) is 0 Å². The summed E-state index contributed by atoms with van der Waals surface area (Å²) in [5.41, 5.74) is 1.77. The second-order valence-corrected chi connectivity index (χ2v) is 5.33. The molecule has 0 fully saturated rings. The highest BCUT2D eigenvalue weighted by molar-refractivity contribution is 5.79. The van der Waals surface area contributed by atoms with Crippen molar-refractivity contribution in [1.82, 2.24) is 15.6 Å². The molecule has 24 heavy (non-hydrogen) atoms. The highest BCUT2D eigenvalue weighted by Gasteiger charge is 2.12. The molecule has 2 aromatic rings. The summed E-state index contributed by atoms with van der Waals surface area (Å²) in [6, 6.07) is 6.25. The van der Waals surface area contributed by atoms with Crippen molar-refractivity contribution in [3.8, 4) is 0 Å². The van der Waals surface area contributed by atoms with Crippen LogP contribution in [0.1, 0.15) is 29.0 Å². The van der Waals surface area contributed by atoms with Crippen molar-refractivity contribution in [2.75, 3.05) is 20.7 Å². The number of hydrogen-bond acceptors (Lipinski definition) is 4. The zero-order valence-corrected chi connectivity index (χ0v) is 14.4. The van der Waals surface area contributed by atoms with E-state index in [1.54, 1.807) is 26.3 Å². The molecule has 2 rings (SSSR count). The van der Waals surface area contributed by atoms with Gasteiger partial charge in [-0.15, -0.1) is 0 Å². The Hall–Kier alpha value is -2.41. The Morgan fingerprint density at radius 3 is 2.54 bits per heavy atom. The number of nitrogens with one attached hydrogen (secondary N) is 2. The number of hydrogen-bond donors (Lipinski definition) is 2. The van der Waals surface area contributed by atoms with Crippen LogP contribution in [0.15, 0.2) is 33.7 Å². The molecule has 6 nitrogen and oxygen atoms in total. The molecule has 1 heterocycles. The molecule has 1 unspecified atom stereocenters. The van der Waals surface area contributed by atoms with Crippen molar-refractivity contribution in [3.05, 3.63) is 53.0 Å². The Morgan fingerprint density at radius 2 is 2.00 bits per heavy atom. The summed E-state index contributed by atoms with van der Waals surface area (Å²) in [6.45, 7) is 4.71. The summed E-state index contributed by atoms with van der Waals surface area (Å²) in [5, 5.41) is 6.31.